The Kier molecular flexibility index (Phi) is 21.9. The molecule has 0 aromatic rings. The highest BCUT2D eigenvalue weighted by atomic mass is 79.9. The lowest BCUT2D eigenvalue weighted by Gasteiger charge is -2.25. The predicted octanol–water partition coefficient (Wildman–Crippen LogP) is 6.46. The molecule has 2 atom stereocenters. The van der Waals surface area contributed by atoms with Gasteiger partial charge in [0.2, 0.25) is 5.91 Å². The number of likely N-dealkylation sites (N-methyl/N-ethyl adjacent to an activating group) is 2. The van der Waals surface area contributed by atoms with Crippen molar-refractivity contribution in [3.63, 3.8) is 0 Å². The van der Waals surface area contributed by atoms with E-state index in [1.807, 2.05) is 0 Å². The monoisotopic (exact) mass is 647 g/mol. The number of hydrogen-bond donors (Lipinski definition) is 1. The minimum atomic E-state index is -0.746. The molecule has 230 valence electrons. The van der Waals surface area contributed by atoms with Gasteiger partial charge in [-0.2, -0.15) is 0 Å². The van der Waals surface area contributed by atoms with Crippen LogP contribution >= 0.6 is 27.5 Å². The molecule has 1 aliphatic rings. The zero-order valence-corrected chi connectivity index (χ0v) is 28.1. The zero-order valence-electron chi connectivity index (χ0n) is 25.7. The molecule has 1 aliphatic heterocycles. The van der Waals surface area contributed by atoms with Crippen molar-refractivity contribution in [2.24, 2.45) is 5.92 Å². The molecule has 0 aliphatic carbocycles. The smallest absolute Gasteiger partial charge is 0.408 e. The molecule has 1 saturated heterocycles. The maximum atomic E-state index is 12.2. The first-order chi connectivity index (χ1) is 18.4. The van der Waals surface area contributed by atoms with Crippen molar-refractivity contribution in [3.05, 3.63) is 47.0 Å². The molecular weight excluding hydrogens is 598 g/mol. The fourth-order valence-corrected chi connectivity index (χ4v) is 3.60. The first-order valence-corrected chi connectivity index (χ1v) is 14.6. The number of amides is 2. The summed E-state index contributed by atoms with van der Waals surface area (Å²) in [6.07, 6.45) is 6.11. The summed E-state index contributed by atoms with van der Waals surface area (Å²) in [6.45, 7) is 25.1. The average Bonchev–Trinajstić information content (AvgIpc) is 3.23. The van der Waals surface area contributed by atoms with E-state index in [1.165, 1.54) is 31.3 Å². The summed E-state index contributed by atoms with van der Waals surface area (Å²) in [5.41, 5.74) is -0.0265. The van der Waals surface area contributed by atoms with Crippen LogP contribution < -0.4 is 5.32 Å². The summed E-state index contributed by atoms with van der Waals surface area (Å²) in [5, 5.41) is 2.64. The Morgan fingerprint density at radius 2 is 1.82 bits per heavy atom. The maximum absolute atomic E-state index is 12.2. The van der Waals surface area contributed by atoms with E-state index in [2.05, 4.69) is 73.7 Å². The Balaban J connectivity index is 0. The van der Waals surface area contributed by atoms with Crippen LogP contribution in [0.2, 0.25) is 0 Å². The van der Waals surface area contributed by atoms with Crippen molar-refractivity contribution in [2.75, 3.05) is 40.4 Å². The Bertz CT molecular complexity index is 852. The molecule has 40 heavy (non-hydrogen) atoms. The Morgan fingerprint density at radius 1 is 1.25 bits per heavy atom. The molecule has 0 saturated carbocycles. The highest BCUT2D eigenvalue weighted by Crippen LogP contribution is 2.23. The molecule has 0 radical (unpaired) electrons. The number of nitrogens with zero attached hydrogens (tertiary/aromatic N) is 2. The Morgan fingerprint density at radius 3 is 2.23 bits per heavy atom. The van der Waals surface area contributed by atoms with Gasteiger partial charge in [-0.05, 0) is 64.8 Å². The van der Waals surface area contributed by atoms with Gasteiger partial charge >= 0.3 is 6.09 Å². The van der Waals surface area contributed by atoms with E-state index < -0.39 is 23.6 Å². The average molecular weight is 649 g/mol. The molecule has 8 nitrogen and oxygen atoms in total. The second-order valence-electron chi connectivity index (χ2n) is 11.1. The summed E-state index contributed by atoms with van der Waals surface area (Å²) in [7, 11) is 3.64. The van der Waals surface area contributed by atoms with Crippen molar-refractivity contribution in [1.29, 1.82) is 0 Å². The van der Waals surface area contributed by atoms with Crippen molar-refractivity contribution < 1.29 is 23.9 Å². The van der Waals surface area contributed by atoms with Gasteiger partial charge < -0.3 is 29.4 Å². The van der Waals surface area contributed by atoms with Crippen molar-refractivity contribution in [3.8, 4) is 0 Å². The van der Waals surface area contributed by atoms with Crippen LogP contribution in [0.15, 0.2) is 47.0 Å². The molecule has 1 rings (SSSR count). The van der Waals surface area contributed by atoms with Gasteiger partial charge in [0, 0.05) is 29.0 Å². The van der Waals surface area contributed by atoms with Gasteiger partial charge in [-0.1, -0.05) is 67.5 Å². The summed E-state index contributed by atoms with van der Waals surface area (Å²) in [5.74, 6) is 0.396. The van der Waals surface area contributed by atoms with E-state index >= 15 is 0 Å². The third kappa shape index (κ3) is 21.8. The summed E-state index contributed by atoms with van der Waals surface area (Å²) in [4.78, 5) is 38.8. The number of allylic oxidation sites excluding steroid dienone is 3. The Hall–Kier alpha value is -1.94. The number of ether oxygens (including phenoxy) is 2. The molecule has 0 aromatic heterocycles. The number of carbonyl (C=O) groups is 3. The molecule has 0 bridgehead atoms. The lowest BCUT2D eigenvalue weighted by molar-refractivity contribution is -0.133. The van der Waals surface area contributed by atoms with Crippen LogP contribution in [0.3, 0.4) is 0 Å². The second kappa shape index (κ2) is 21.8. The number of likely N-dealkylation sites (tertiary alicyclic amines) is 1. The molecule has 1 unspecified atom stereocenters. The standard InChI is InChI=1S/C17H24BrClN2O4.C9H17NO.C4H10/c1-11(19)7-13(12(2)18)8-14(10-22)21(6)15(23)9-20-16(24)25-17(3,4)5;1-3-7-11-8-9-5-4-6-10(9)2;1-4(2)3/h7,10,14H,1-2,8-9H2,3-6H3,(H,20,24);3,9H,1,4-8H2,2H3;4H,1-3H3/b13-7-;;/t14-;;/m0../s1. The van der Waals surface area contributed by atoms with E-state index in [9.17, 15) is 14.4 Å². The minimum absolute atomic E-state index is 0.202. The van der Waals surface area contributed by atoms with Crippen molar-refractivity contribution in [1.82, 2.24) is 15.1 Å². The molecule has 1 N–H and O–H groups in total. The highest BCUT2D eigenvalue weighted by Gasteiger charge is 2.23. The number of alkyl carbamates (subject to hydrolysis) is 1. The number of rotatable bonds is 12. The highest BCUT2D eigenvalue weighted by molar-refractivity contribution is 9.11. The number of aldehydes is 1. The van der Waals surface area contributed by atoms with E-state index in [-0.39, 0.29) is 18.0 Å². The van der Waals surface area contributed by atoms with Gasteiger partial charge in [0.25, 0.3) is 0 Å². The molecule has 10 heteroatoms. The third-order valence-corrected chi connectivity index (χ3v) is 5.77. The van der Waals surface area contributed by atoms with Gasteiger partial charge in [0.1, 0.15) is 18.4 Å². The lowest BCUT2D eigenvalue weighted by atomic mass is 10.1. The number of nitrogens with one attached hydrogen (secondary N) is 1. The number of halogens is 2. The third-order valence-electron chi connectivity index (χ3n) is 5.16. The fourth-order valence-electron chi connectivity index (χ4n) is 3.19. The van der Waals surface area contributed by atoms with E-state index in [0.29, 0.717) is 29.0 Å². The second-order valence-corrected chi connectivity index (χ2v) is 12.6. The molecular formula is C30H51BrClN3O5. The van der Waals surface area contributed by atoms with Crippen LogP contribution in [0, 0.1) is 5.92 Å². The first-order valence-electron chi connectivity index (χ1n) is 13.4. The summed E-state index contributed by atoms with van der Waals surface area (Å²) >= 11 is 9.00. The van der Waals surface area contributed by atoms with Crippen LogP contribution in [0.1, 0.15) is 60.8 Å². The molecule has 0 aromatic carbocycles. The van der Waals surface area contributed by atoms with E-state index in [0.717, 1.165) is 12.5 Å². The van der Waals surface area contributed by atoms with Crippen LogP contribution in [0.25, 0.3) is 0 Å². The molecule has 1 fully saturated rings. The molecule has 1 heterocycles. The Labute approximate surface area is 256 Å². The van der Waals surface area contributed by atoms with Crippen molar-refractivity contribution >= 4 is 45.8 Å². The molecule has 0 spiro atoms. The van der Waals surface area contributed by atoms with Gasteiger partial charge in [0.15, 0.2) is 0 Å². The first kappa shape index (κ1) is 40.2. The molecule has 2 amide bonds. The normalized spacial score (nSPS) is 16.0. The maximum Gasteiger partial charge on any atom is 0.408 e. The van der Waals surface area contributed by atoms with Crippen molar-refractivity contribution in [2.45, 2.75) is 78.5 Å². The largest absolute Gasteiger partial charge is 0.444 e. The van der Waals surface area contributed by atoms with Gasteiger partial charge in [-0.25, -0.2) is 4.79 Å². The van der Waals surface area contributed by atoms with Crippen LogP contribution in [0.4, 0.5) is 4.79 Å². The SMILES string of the molecule is C=C(Cl)/C=C(/C[C@@H](C=O)N(C)C(=O)CNC(=O)OC(C)(C)C)C(=C)Br.C=CCOCC1CCCN1C.CC(C)C. The van der Waals surface area contributed by atoms with Crippen LogP contribution in [0.5, 0.6) is 0 Å². The summed E-state index contributed by atoms with van der Waals surface area (Å²) < 4.78 is 11.0. The van der Waals surface area contributed by atoms with Gasteiger partial charge in [-0.15, -0.1) is 6.58 Å². The van der Waals surface area contributed by atoms with Gasteiger partial charge in [-0.3, -0.25) is 4.79 Å². The lowest BCUT2D eigenvalue weighted by Crippen LogP contribution is -2.45. The van der Waals surface area contributed by atoms with Crippen LogP contribution in [-0.4, -0.2) is 86.2 Å². The van der Waals surface area contributed by atoms with Crippen LogP contribution in [-0.2, 0) is 19.1 Å². The number of hydrogen-bond acceptors (Lipinski definition) is 6. The quantitative estimate of drug-likeness (QED) is 0.113. The van der Waals surface area contributed by atoms with Gasteiger partial charge in [0.05, 0.1) is 19.3 Å². The van der Waals surface area contributed by atoms with E-state index in [1.54, 1.807) is 32.9 Å². The fraction of sp³-hybridized carbons (Fsp3) is 0.633. The zero-order chi connectivity index (χ0) is 31.5. The topological polar surface area (TPSA) is 88.2 Å². The van der Waals surface area contributed by atoms with E-state index in [4.69, 9.17) is 21.1 Å². The summed E-state index contributed by atoms with van der Waals surface area (Å²) in [6, 6.07) is -0.0977. The minimum Gasteiger partial charge on any atom is -0.444 e. The number of carbonyl (C=O) groups excluding carboxylic acids is 3. The predicted molar refractivity (Wildman–Crippen MR) is 170 cm³/mol.